The number of alkyl halides is 1. The number of hydrogen-bond acceptors (Lipinski definition) is 2. The Labute approximate surface area is 106 Å². The molecule has 4 heteroatoms. The Morgan fingerprint density at radius 3 is 2.88 bits per heavy atom. The standard InChI is InChI=1S/C13H17ClN2O/c1-4-7-17-10-5-6-12-11(8-10)15-13(9(2)14)16(12)3/h5-6,8-9H,4,7H2,1-3H3. The van der Waals surface area contributed by atoms with Crippen molar-refractivity contribution in [3.63, 3.8) is 0 Å². The SMILES string of the molecule is CCCOc1ccc2c(c1)nc(C(C)Cl)n2C. The average Bonchev–Trinajstić information content (AvgIpc) is 2.64. The predicted octanol–water partition coefficient (Wildman–Crippen LogP) is 3.66. The van der Waals surface area contributed by atoms with Gasteiger partial charge in [-0.15, -0.1) is 11.6 Å². The van der Waals surface area contributed by atoms with Crippen LogP contribution in [0, 0.1) is 0 Å². The molecule has 1 aromatic heterocycles. The Morgan fingerprint density at radius 2 is 2.24 bits per heavy atom. The minimum Gasteiger partial charge on any atom is -0.494 e. The van der Waals surface area contributed by atoms with Crippen LogP contribution in [0.2, 0.25) is 0 Å². The maximum Gasteiger partial charge on any atom is 0.127 e. The zero-order chi connectivity index (χ0) is 12.4. The fourth-order valence-corrected chi connectivity index (χ4v) is 2.06. The first-order valence-corrected chi connectivity index (χ1v) is 6.30. The van der Waals surface area contributed by atoms with Gasteiger partial charge in [-0.1, -0.05) is 6.92 Å². The molecule has 0 N–H and O–H groups in total. The van der Waals surface area contributed by atoms with E-state index in [-0.39, 0.29) is 5.38 Å². The number of fused-ring (bicyclic) bond motifs is 1. The van der Waals surface area contributed by atoms with E-state index in [9.17, 15) is 0 Å². The van der Waals surface area contributed by atoms with Gasteiger partial charge in [-0.05, 0) is 25.5 Å². The van der Waals surface area contributed by atoms with Crippen molar-refractivity contribution in [1.29, 1.82) is 0 Å². The van der Waals surface area contributed by atoms with Crippen LogP contribution in [-0.4, -0.2) is 16.2 Å². The quantitative estimate of drug-likeness (QED) is 0.777. The Kier molecular flexibility index (Phi) is 3.57. The third kappa shape index (κ3) is 2.39. The second-order valence-electron chi connectivity index (χ2n) is 4.14. The molecule has 0 spiro atoms. The molecule has 0 saturated heterocycles. The van der Waals surface area contributed by atoms with E-state index < -0.39 is 0 Å². The van der Waals surface area contributed by atoms with Crippen LogP contribution < -0.4 is 4.74 Å². The number of hydrogen-bond donors (Lipinski definition) is 0. The van der Waals surface area contributed by atoms with Gasteiger partial charge in [0, 0.05) is 13.1 Å². The van der Waals surface area contributed by atoms with Crippen LogP contribution in [0.25, 0.3) is 11.0 Å². The molecule has 0 bridgehead atoms. The molecule has 92 valence electrons. The first-order chi connectivity index (χ1) is 8.13. The molecular weight excluding hydrogens is 236 g/mol. The van der Waals surface area contributed by atoms with E-state index >= 15 is 0 Å². The maximum atomic E-state index is 6.09. The van der Waals surface area contributed by atoms with Crippen molar-refractivity contribution in [2.45, 2.75) is 25.6 Å². The highest BCUT2D eigenvalue weighted by molar-refractivity contribution is 6.20. The number of rotatable bonds is 4. The lowest BCUT2D eigenvalue weighted by Crippen LogP contribution is -1.97. The molecule has 2 rings (SSSR count). The van der Waals surface area contributed by atoms with Crippen molar-refractivity contribution in [2.24, 2.45) is 7.05 Å². The lowest BCUT2D eigenvalue weighted by atomic mass is 10.3. The number of ether oxygens (including phenoxy) is 1. The molecule has 1 atom stereocenters. The summed E-state index contributed by atoms with van der Waals surface area (Å²) in [5, 5.41) is -0.0904. The van der Waals surface area contributed by atoms with Crippen LogP contribution in [0.5, 0.6) is 5.75 Å². The monoisotopic (exact) mass is 252 g/mol. The van der Waals surface area contributed by atoms with Crippen molar-refractivity contribution in [3.05, 3.63) is 24.0 Å². The summed E-state index contributed by atoms with van der Waals surface area (Å²) in [4.78, 5) is 4.53. The van der Waals surface area contributed by atoms with Crippen LogP contribution in [0.3, 0.4) is 0 Å². The number of aromatic nitrogens is 2. The molecule has 0 aliphatic rings. The van der Waals surface area contributed by atoms with Crippen LogP contribution >= 0.6 is 11.6 Å². The average molecular weight is 253 g/mol. The molecule has 1 heterocycles. The summed E-state index contributed by atoms with van der Waals surface area (Å²) in [6.07, 6.45) is 1.00. The topological polar surface area (TPSA) is 27.1 Å². The van der Waals surface area contributed by atoms with Gasteiger partial charge in [0.05, 0.1) is 23.0 Å². The van der Waals surface area contributed by atoms with Gasteiger partial charge >= 0.3 is 0 Å². The predicted molar refractivity (Wildman–Crippen MR) is 70.8 cm³/mol. The fourth-order valence-electron chi connectivity index (χ4n) is 1.86. The molecule has 1 unspecified atom stereocenters. The molecule has 2 aromatic rings. The van der Waals surface area contributed by atoms with Crippen LogP contribution in [0.1, 0.15) is 31.5 Å². The number of benzene rings is 1. The highest BCUT2D eigenvalue weighted by Gasteiger charge is 2.12. The summed E-state index contributed by atoms with van der Waals surface area (Å²) in [6.45, 7) is 4.75. The van der Waals surface area contributed by atoms with E-state index in [1.807, 2.05) is 36.7 Å². The largest absolute Gasteiger partial charge is 0.494 e. The first-order valence-electron chi connectivity index (χ1n) is 5.86. The van der Waals surface area contributed by atoms with Crippen molar-refractivity contribution in [1.82, 2.24) is 9.55 Å². The number of aryl methyl sites for hydroxylation is 1. The molecule has 0 aliphatic carbocycles. The molecule has 0 saturated carbocycles. The lowest BCUT2D eigenvalue weighted by Gasteiger charge is -2.04. The second kappa shape index (κ2) is 4.96. The summed E-state index contributed by atoms with van der Waals surface area (Å²) < 4.78 is 7.62. The van der Waals surface area contributed by atoms with Gasteiger partial charge in [0.15, 0.2) is 0 Å². The van der Waals surface area contributed by atoms with Gasteiger partial charge in [0.1, 0.15) is 11.6 Å². The summed E-state index contributed by atoms with van der Waals surface area (Å²) in [5.41, 5.74) is 2.01. The third-order valence-corrected chi connectivity index (χ3v) is 2.91. The minimum atomic E-state index is -0.0904. The normalized spacial score (nSPS) is 12.9. The highest BCUT2D eigenvalue weighted by Crippen LogP contribution is 2.26. The van der Waals surface area contributed by atoms with Crippen molar-refractivity contribution < 1.29 is 4.74 Å². The molecule has 0 amide bonds. The number of nitrogens with zero attached hydrogens (tertiary/aromatic N) is 2. The van der Waals surface area contributed by atoms with Crippen molar-refractivity contribution in [2.75, 3.05) is 6.61 Å². The maximum absolute atomic E-state index is 6.09. The highest BCUT2D eigenvalue weighted by atomic mass is 35.5. The van der Waals surface area contributed by atoms with E-state index in [1.165, 1.54) is 0 Å². The van der Waals surface area contributed by atoms with E-state index in [0.717, 1.165) is 35.6 Å². The summed E-state index contributed by atoms with van der Waals surface area (Å²) >= 11 is 6.09. The Balaban J connectivity index is 2.41. The molecular formula is C13H17ClN2O. The fraction of sp³-hybridized carbons (Fsp3) is 0.462. The van der Waals surface area contributed by atoms with Gasteiger partial charge in [0.2, 0.25) is 0 Å². The summed E-state index contributed by atoms with van der Waals surface area (Å²) in [5.74, 6) is 1.75. The summed E-state index contributed by atoms with van der Waals surface area (Å²) in [7, 11) is 1.98. The van der Waals surface area contributed by atoms with E-state index in [4.69, 9.17) is 16.3 Å². The number of imidazole rings is 1. The van der Waals surface area contributed by atoms with Crippen LogP contribution in [-0.2, 0) is 7.05 Å². The zero-order valence-corrected chi connectivity index (χ0v) is 11.2. The third-order valence-electron chi connectivity index (χ3n) is 2.72. The van der Waals surface area contributed by atoms with Gasteiger partial charge < -0.3 is 9.30 Å². The van der Waals surface area contributed by atoms with Gasteiger partial charge in [-0.3, -0.25) is 0 Å². The van der Waals surface area contributed by atoms with Crippen molar-refractivity contribution in [3.8, 4) is 5.75 Å². The van der Waals surface area contributed by atoms with E-state index in [2.05, 4.69) is 11.9 Å². The van der Waals surface area contributed by atoms with Gasteiger partial charge in [0.25, 0.3) is 0 Å². The van der Waals surface area contributed by atoms with Crippen LogP contribution in [0.4, 0.5) is 0 Å². The minimum absolute atomic E-state index is 0.0904. The first kappa shape index (κ1) is 12.2. The van der Waals surface area contributed by atoms with Gasteiger partial charge in [-0.25, -0.2) is 4.98 Å². The number of halogens is 1. The Bertz CT molecular complexity index is 519. The molecule has 17 heavy (non-hydrogen) atoms. The Hall–Kier alpha value is -1.22. The molecule has 0 aliphatic heterocycles. The second-order valence-corrected chi connectivity index (χ2v) is 4.80. The molecule has 1 aromatic carbocycles. The molecule has 3 nitrogen and oxygen atoms in total. The van der Waals surface area contributed by atoms with Crippen LogP contribution in [0.15, 0.2) is 18.2 Å². The lowest BCUT2D eigenvalue weighted by molar-refractivity contribution is 0.318. The zero-order valence-electron chi connectivity index (χ0n) is 10.4. The van der Waals surface area contributed by atoms with E-state index in [1.54, 1.807) is 0 Å². The molecule has 0 radical (unpaired) electrons. The smallest absolute Gasteiger partial charge is 0.127 e. The van der Waals surface area contributed by atoms with Gasteiger partial charge in [-0.2, -0.15) is 0 Å². The summed E-state index contributed by atoms with van der Waals surface area (Å²) in [6, 6.07) is 5.96. The molecule has 0 fully saturated rings. The Morgan fingerprint density at radius 1 is 1.47 bits per heavy atom. The van der Waals surface area contributed by atoms with Crippen molar-refractivity contribution >= 4 is 22.6 Å². The van der Waals surface area contributed by atoms with E-state index in [0.29, 0.717) is 0 Å².